The first-order valence-electron chi connectivity index (χ1n) is 4.54. The molecule has 0 amide bonds. The van der Waals surface area contributed by atoms with Crippen LogP contribution in [0.4, 0.5) is 0 Å². The highest BCUT2D eigenvalue weighted by Gasteiger charge is 2.14. The van der Waals surface area contributed by atoms with Gasteiger partial charge >= 0.3 is 0 Å². The van der Waals surface area contributed by atoms with Gasteiger partial charge in [-0.15, -0.1) is 0 Å². The van der Waals surface area contributed by atoms with Gasteiger partial charge in [-0.05, 0) is 12.8 Å². The molecule has 1 rings (SSSR count). The number of hydrogen-bond donors (Lipinski definition) is 0. The molecule has 0 aromatic carbocycles. The molecule has 0 N–H and O–H groups in total. The van der Waals surface area contributed by atoms with E-state index >= 15 is 0 Å². The SMILES string of the molecule is CCC(=O)CSC1CCOCC1. The first-order valence-corrected chi connectivity index (χ1v) is 5.59. The second-order valence-electron chi connectivity index (χ2n) is 3.01. The minimum atomic E-state index is 0.367. The Morgan fingerprint density at radius 2 is 2.17 bits per heavy atom. The number of hydrogen-bond acceptors (Lipinski definition) is 3. The lowest BCUT2D eigenvalue weighted by Crippen LogP contribution is -2.19. The average molecular weight is 188 g/mol. The van der Waals surface area contributed by atoms with E-state index in [0.29, 0.717) is 23.2 Å². The highest BCUT2D eigenvalue weighted by atomic mass is 32.2. The normalized spacial score (nSPS) is 19.4. The van der Waals surface area contributed by atoms with Crippen LogP contribution in [0.5, 0.6) is 0 Å². The Morgan fingerprint density at radius 1 is 1.50 bits per heavy atom. The highest BCUT2D eigenvalue weighted by Crippen LogP contribution is 2.21. The zero-order valence-corrected chi connectivity index (χ0v) is 8.36. The number of carbonyl (C=O) groups excluding carboxylic acids is 1. The van der Waals surface area contributed by atoms with Crippen molar-refractivity contribution in [1.29, 1.82) is 0 Å². The van der Waals surface area contributed by atoms with Crippen molar-refractivity contribution >= 4 is 17.5 Å². The fourth-order valence-corrected chi connectivity index (χ4v) is 2.31. The van der Waals surface area contributed by atoms with Crippen molar-refractivity contribution in [3.63, 3.8) is 0 Å². The van der Waals surface area contributed by atoms with Crippen LogP contribution in [0.3, 0.4) is 0 Å². The second kappa shape index (κ2) is 5.60. The minimum absolute atomic E-state index is 0.367. The lowest BCUT2D eigenvalue weighted by atomic mass is 10.2. The first kappa shape index (κ1) is 10.1. The molecule has 1 aliphatic rings. The first-order chi connectivity index (χ1) is 5.83. The van der Waals surface area contributed by atoms with E-state index in [4.69, 9.17) is 4.74 Å². The molecular formula is C9H16O2S. The summed E-state index contributed by atoms with van der Waals surface area (Å²) < 4.78 is 5.23. The molecule has 0 aromatic heterocycles. The number of ether oxygens (including phenoxy) is 1. The molecule has 0 atom stereocenters. The molecule has 0 spiro atoms. The van der Waals surface area contributed by atoms with Gasteiger partial charge in [-0.1, -0.05) is 6.92 Å². The molecular weight excluding hydrogens is 172 g/mol. The monoisotopic (exact) mass is 188 g/mol. The molecule has 0 aliphatic carbocycles. The van der Waals surface area contributed by atoms with Crippen LogP contribution in [0.15, 0.2) is 0 Å². The maximum absolute atomic E-state index is 11.0. The van der Waals surface area contributed by atoms with Crippen molar-refractivity contribution in [2.24, 2.45) is 0 Å². The maximum atomic E-state index is 11.0. The summed E-state index contributed by atoms with van der Waals surface area (Å²) in [5.74, 6) is 1.06. The summed E-state index contributed by atoms with van der Waals surface area (Å²) in [4.78, 5) is 11.0. The van der Waals surface area contributed by atoms with Crippen molar-refractivity contribution in [2.75, 3.05) is 19.0 Å². The summed E-state index contributed by atoms with van der Waals surface area (Å²) in [6, 6.07) is 0. The van der Waals surface area contributed by atoms with Crippen LogP contribution in [0.25, 0.3) is 0 Å². The van der Waals surface area contributed by atoms with Gasteiger partial charge < -0.3 is 4.74 Å². The summed E-state index contributed by atoms with van der Waals surface area (Å²) in [7, 11) is 0. The van der Waals surface area contributed by atoms with E-state index in [2.05, 4.69) is 0 Å². The number of ketones is 1. The van der Waals surface area contributed by atoms with Crippen LogP contribution >= 0.6 is 11.8 Å². The largest absolute Gasteiger partial charge is 0.381 e. The average Bonchev–Trinajstić information content (AvgIpc) is 2.16. The van der Waals surface area contributed by atoms with Gasteiger partial charge in [-0.3, -0.25) is 4.79 Å². The van der Waals surface area contributed by atoms with E-state index in [1.54, 1.807) is 11.8 Å². The van der Waals surface area contributed by atoms with Crippen LogP contribution in [0, 0.1) is 0 Å². The Bertz CT molecular complexity index is 141. The Balaban J connectivity index is 2.09. The van der Waals surface area contributed by atoms with Gasteiger partial charge in [0.2, 0.25) is 0 Å². The number of carbonyl (C=O) groups is 1. The molecule has 1 fully saturated rings. The molecule has 1 saturated heterocycles. The van der Waals surface area contributed by atoms with Crippen LogP contribution in [-0.4, -0.2) is 30.0 Å². The molecule has 0 unspecified atom stereocenters. The second-order valence-corrected chi connectivity index (χ2v) is 4.30. The van der Waals surface area contributed by atoms with Crippen molar-refractivity contribution in [1.82, 2.24) is 0 Å². The molecule has 70 valence electrons. The number of thioether (sulfide) groups is 1. The third-order valence-electron chi connectivity index (χ3n) is 2.04. The van der Waals surface area contributed by atoms with Crippen LogP contribution in [0.1, 0.15) is 26.2 Å². The number of rotatable bonds is 4. The van der Waals surface area contributed by atoms with Crippen molar-refractivity contribution in [3.05, 3.63) is 0 Å². The predicted molar refractivity (Wildman–Crippen MR) is 51.6 cm³/mol. The van der Waals surface area contributed by atoms with Crippen molar-refractivity contribution < 1.29 is 9.53 Å². The summed E-state index contributed by atoms with van der Waals surface area (Å²) >= 11 is 1.80. The summed E-state index contributed by atoms with van der Waals surface area (Å²) in [6.07, 6.45) is 2.90. The van der Waals surface area contributed by atoms with Crippen LogP contribution < -0.4 is 0 Å². The smallest absolute Gasteiger partial charge is 0.142 e. The van der Waals surface area contributed by atoms with Gasteiger partial charge in [0, 0.05) is 24.9 Å². The van der Waals surface area contributed by atoms with E-state index in [0.717, 1.165) is 26.1 Å². The van der Waals surface area contributed by atoms with E-state index < -0.39 is 0 Å². The van der Waals surface area contributed by atoms with E-state index in [1.165, 1.54) is 0 Å². The summed E-state index contributed by atoms with van der Waals surface area (Å²) in [5, 5.41) is 0.661. The molecule has 0 radical (unpaired) electrons. The molecule has 0 bridgehead atoms. The molecule has 0 aromatic rings. The number of Topliss-reactive ketones (excluding diaryl/α,β-unsaturated/α-hetero) is 1. The van der Waals surface area contributed by atoms with E-state index in [-0.39, 0.29) is 0 Å². The fourth-order valence-electron chi connectivity index (χ4n) is 1.16. The van der Waals surface area contributed by atoms with Gasteiger partial charge in [0.05, 0.1) is 5.75 Å². The van der Waals surface area contributed by atoms with Gasteiger partial charge in [0.25, 0.3) is 0 Å². The standard InChI is InChI=1S/C9H16O2S/c1-2-8(10)7-12-9-3-5-11-6-4-9/h9H,2-7H2,1H3. The predicted octanol–water partition coefficient (Wildman–Crippen LogP) is 1.88. The molecule has 0 saturated carbocycles. The third kappa shape index (κ3) is 3.59. The molecule has 3 heteroatoms. The van der Waals surface area contributed by atoms with E-state index in [1.807, 2.05) is 6.92 Å². The minimum Gasteiger partial charge on any atom is -0.381 e. The lowest BCUT2D eigenvalue weighted by Gasteiger charge is -2.20. The third-order valence-corrected chi connectivity index (χ3v) is 3.47. The molecule has 1 aliphatic heterocycles. The topological polar surface area (TPSA) is 26.3 Å². The zero-order valence-electron chi connectivity index (χ0n) is 7.54. The molecule has 2 nitrogen and oxygen atoms in total. The van der Waals surface area contributed by atoms with Gasteiger partial charge in [-0.2, -0.15) is 11.8 Å². The van der Waals surface area contributed by atoms with E-state index in [9.17, 15) is 4.79 Å². The fraction of sp³-hybridized carbons (Fsp3) is 0.889. The summed E-state index contributed by atoms with van der Waals surface area (Å²) in [6.45, 7) is 3.67. The Kier molecular flexibility index (Phi) is 4.69. The zero-order chi connectivity index (χ0) is 8.81. The van der Waals surface area contributed by atoms with Gasteiger partial charge in [0.15, 0.2) is 0 Å². The van der Waals surface area contributed by atoms with Crippen LogP contribution in [-0.2, 0) is 9.53 Å². The Labute approximate surface area is 78.1 Å². The molecule has 12 heavy (non-hydrogen) atoms. The molecule has 1 heterocycles. The van der Waals surface area contributed by atoms with Gasteiger partial charge in [-0.25, -0.2) is 0 Å². The van der Waals surface area contributed by atoms with Crippen molar-refractivity contribution in [3.8, 4) is 0 Å². The lowest BCUT2D eigenvalue weighted by molar-refractivity contribution is -0.116. The van der Waals surface area contributed by atoms with Crippen molar-refractivity contribution in [2.45, 2.75) is 31.4 Å². The van der Waals surface area contributed by atoms with Crippen LogP contribution in [0.2, 0.25) is 0 Å². The maximum Gasteiger partial charge on any atom is 0.142 e. The Hall–Kier alpha value is -0.0200. The summed E-state index contributed by atoms with van der Waals surface area (Å²) in [5.41, 5.74) is 0. The van der Waals surface area contributed by atoms with Gasteiger partial charge in [0.1, 0.15) is 5.78 Å². The quantitative estimate of drug-likeness (QED) is 0.674. The Morgan fingerprint density at radius 3 is 2.75 bits per heavy atom. The highest BCUT2D eigenvalue weighted by molar-refractivity contribution is 8.00.